The highest BCUT2D eigenvalue weighted by Gasteiger charge is 2.34. The molecule has 58 valence electrons. The molecular weight excluding hydrogens is 268 g/mol. The Bertz CT molecular complexity index is 125. The van der Waals surface area contributed by atoms with Gasteiger partial charge in [0.1, 0.15) is 0 Å². The van der Waals surface area contributed by atoms with Gasteiger partial charge >= 0.3 is 6.16 Å². The molecule has 5 heteroatoms. The Morgan fingerprint density at radius 1 is 1.20 bits per heavy atom. The first-order valence-corrected chi connectivity index (χ1v) is 5.01. The molecule has 0 radical (unpaired) electrons. The molecule has 3 nitrogen and oxygen atoms in total. The zero-order valence-corrected chi connectivity index (χ0v) is 8.22. The number of carbonyl (C=O) groups excluding carboxylic acids is 1. The number of cyclic esters (lactones) is 2. The van der Waals surface area contributed by atoms with Gasteiger partial charge in [-0.15, -0.1) is 0 Å². The number of alkyl halides is 2. The molecule has 0 aromatic rings. The van der Waals surface area contributed by atoms with Crippen molar-refractivity contribution >= 4 is 38.0 Å². The van der Waals surface area contributed by atoms with E-state index in [9.17, 15) is 4.79 Å². The van der Waals surface area contributed by atoms with Gasteiger partial charge in [-0.1, -0.05) is 31.9 Å². The van der Waals surface area contributed by atoms with Crippen LogP contribution in [-0.4, -0.2) is 29.0 Å². The second-order valence-corrected chi connectivity index (χ2v) is 3.17. The Kier molecular flexibility index (Phi) is 2.97. The minimum Gasteiger partial charge on any atom is -0.426 e. The largest absolute Gasteiger partial charge is 0.509 e. The molecule has 0 aliphatic carbocycles. The van der Waals surface area contributed by atoms with Gasteiger partial charge < -0.3 is 9.47 Å². The van der Waals surface area contributed by atoms with Crippen LogP contribution < -0.4 is 0 Å². The third-order valence-electron chi connectivity index (χ3n) is 1.21. The Morgan fingerprint density at radius 2 is 1.60 bits per heavy atom. The van der Waals surface area contributed by atoms with Crippen molar-refractivity contribution in [3.63, 3.8) is 0 Å². The van der Waals surface area contributed by atoms with E-state index in [1.807, 2.05) is 0 Å². The average Bonchev–Trinajstić information content (AvgIpc) is 2.30. The lowest BCUT2D eigenvalue weighted by Crippen LogP contribution is -2.24. The number of rotatable bonds is 2. The van der Waals surface area contributed by atoms with Gasteiger partial charge in [0, 0.05) is 10.7 Å². The maximum Gasteiger partial charge on any atom is 0.509 e. The van der Waals surface area contributed by atoms with Gasteiger partial charge in [0.05, 0.1) is 0 Å². The molecule has 0 amide bonds. The van der Waals surface area contributed by atoms with Crippen LogP contribution in [0.2, 0.25) is 0 Å². The molecule has 0 N–H and O–H groups in total. The first-order chi connectivity index (χ1) is 4.77. The van der Waals surface area contributed by atoms with Gasteiger partial charge in [-0.25, -0.2) is 4.79 Å². The van der Waals surface area contributed by atoms with Crippen molar-refractivity contribution < 1.29 is 14.3 Å². The quantitative estimate of drug-likeness (QED) is 0.567. The minimum atomic E-state index is -0.575. The summed E-state index contributed by atoms with van der Waals surface area (Å²) in [7, 11) is 0. The third kappa shape index (κ3) is 1.63. The number of halogens is 2. The van der Waals surface area contributed by atoms with Crippen LogP contribution in [0.4, 0.5) is 4.79 Å². The third-order valence-corrected chi connectivity index (χ3v) is 2.49. The van der Waals surface area contributed by atoms with E-state index >= 15 is 0 Å². The second kappa shape index (κ2) is 3.57. The SMILES string of the molecule is O=C1OC(CBr)C(CBr)O1. The molecule has 0 aromatic carbocycles. The molecule has 1 aliphatic rings. The molecule has 1 saturated heterocycles. The van der Waals surface area contributed by atoms with E-state index in [-0.39, 0.29) is 12.2 Å². The molecule has 0 saturated carbocycles. The first-order valence-electron chi connectivity index (χ1n) is 2.77. The van der Waals surface area contributed by atoms with Crippen LogP contribution in [0.1, 0.15) is 0 Å². The lowest BCUT2D eigenvalue weighted by molar-refractivity contribution is 0.119. The summed E-state index contributed by atoms with van der Waals surface area (Å²) in [5, 5.41) is 1.24. The van der Waals surface area contributed by atoms with E-state index in [0.29, 0.717) is 10.7 Å². The van der Waals surface area contributed by atoms with Crippen LogP contribution in [0.15, 0.2) is 0 Å². The predicted octanol–water partition coefficient (Wildman–Crippen LogP) is 1.68. The number of carbonyl (C=O) groups is 1. The summed E-state index contributed by atoms with van der Waals surface area (Å²) in [5.41, 5.74) is 0. The first kappa shape index (κ1) is 8.33. The summed E-state index contributed by atoms with van der Waals surface area (Å²) in [5.74, 6) is 0. The topological polar surface area (TPSA) is 35.5 Å². The minimum absolute atomic E-state index is 0.146. The molecule has 0 spiro atoms. The molecule has 1 heterocycles. The van der Waals surface area contributed by atoms with E-state index in [1.165, 1.54) is 0 Å². The zero-order valence-electron chi connectivity index (χ0n) is 5.05. The van der Waals surface area contributed by atoms with Gasteiger partial charge in [0.2, 0.25) is 0 Å². The fourth-order valence-electron chi connectivity index (χ4n) is 0.688. The van der Waals surface area contributed by atoms with Crippen molar-refractivity contribution in [2.45, 2.75) is 12.2 Å². The van der Waals surface area contributed by atoms with Crippen LogP contribution in [0, 0.1) is 0 Å². The lowest BCUT2D eigenvalue weighted by Gasteiger charge is -2.07. The van der Waals surface area contributed by atoms with Crippen molar-refractivity contribution in [3.05, 3.63) is 0 Å². The lowest BCUT2D eigenvalue weighted by atomic mass is 10.3. The maximum absolute atomic E-state index is 10.5. The standard InChI is InChI=1S/C5H6Br2O3/c6-1-3-4(2-7)10-5(8)9-3/h3-4H,1-2H2. The fourth-order valence-corrected chi connectivity index (χ4v) is 1.79. The van der Waals surface area contributed by atoms with Crippen LogP contribution in [-0.2, 0) is 9.47 Å². The predicted molar refractivity (Wildman–Crippen MR) is 42.7 cm³/mol. The van der Waals surface area contributed by atoms with E-state index in [0.717, 1.165) is 0 Å². The highest BCUT2D eigenvalue weighted by atomic mass is 79.9. The summed E-state index contributed by atoms with van der Waals surface area (Å²) in [6.07, 6.45) is -0.868. The molecular formula is C5H6Br2O3. The fraction of sp³-hybridized carbons (Fsp3) is 0.800. The Hall–Kier alpha value is 0.230. The molecule has 1 fully saturated rings. The number of hydrogen-bond acceptors (Lipinski definition) is 3. The zero-order chi connectivity index (χ0) is 7.56. The highest BCUT2D eigenvalue weighted by molar-refractivity contribution is 9.09. The summed E-state index contributed by atoms with van der Waals surface area (Å²) in [4.78, 5) is 10.5. The monoisotopic (exact) mass is 272 g/mol. The van der Waals surface area contributed by atoms with E-state index in [4.69, 9.17) is 9.47 Å². The molecule has 1 rings (SSSR count). The Labute approximate surface area is 75.3 Å². The maximum atomic E-state index is 10.5. The van der Waals surface area contributed by atoms with Gasteiger partial charge in [-0.3, -0.25) is 0 Å². The van der Waals surface area contributed by atoms with E-state index in [2.05, 4.69) is 31.9 Å². The summed E-state index contributed by atoms with van der Waals surface area (Å²) in [6.45, 7) is 0. The molecule has 0 aromatic heterocycles. The van der Waals surface area contributed by atoms with Crippen molar-refractivity contribution in [1.82, 2.24) is 0 Å². The second-order valence-electron chi connectivity index (χ2n) is 1.87. The van der Waals surface area contributed by atoms with Crippen LogP contribution >= 0.6 is 31.9 Å². The summed E-state index contributed by atoms with van der Waals surface area (Å²) in [6, 6.07) is 0. The molecule has 1 aliphatic heterocycles. The van der Waals surface area contributed by atoms with Gasteiger partial charge in [-0.05, 0) is 0 Å². The van der Waals surface area contributed by atoms with Crippen LogP contribution in [0.3, 0.4) is 0 Å². The average molecular weight is 274 g/mol. The number of ether oxygens (including phenoxy) is 2. The van der Waals surface area contributed by atoms with Crippen LogP contribution in [0.5, 0.6) is 0 Å². The van der Waals surface area contributed by atoms with Gasteiger partial charge in [0.25, 0.3) is 0 Å². The van der Waals surface area contributed by atoms with Crippen molar-refractivity contribution in [2.75, 3.05) is 10.7 Å². The molecule has 10 heavy (non-hydrogen) atoms. The molecule has 2 unspecified atom stereocenters. The Morgan fingerprint density at radius 3 is 1.90 bits per heavy atom. The van der Waals surface area contributed by atoms with E-state index < -0.39 is 6.16 Å². The smallest absolute Gasteiger partial charge is 0.426 e. The summed E-state index contributed by atoms with van der Waals surface area (Å²) < 4.78 is 9.55. The van der Waals surface area contributed by atoms with Crippen molar-refractivity contribution in [2.24, 2.45) is 0 Å². The van der Waals surface area contributed by atoms with Gasteiger partial charge in [-0.2, -0.15) is 0 Å². The molecule has 2 atom stereocenters. The highest BCUT2D eigenvalue weighted by Crippen LogP contribution is 2.18. The summed E-state index contributed by atoms with van der Waals surface area (Å²) >= 11 is 6.41. The normalized spacial score (nSPS) is 31.6. The molecule has 0 bridgehead atoms. The van der Waals surface area contributed by atoms with Crippen LogP contribution in [0.25, 0.3) is 0 Å². The van der Waals surface area contributed by atoms with Crippen molar-refractivity contribution in [1.29, 1.82) is 0 Å². The van der Waals surface area contributed by atoms with Crippen molar-refractivity contribution in [3.8, 4) is 0 Å². The van der Waals surface area contributed by atoms with Gasteiger partial charge in [0.15, 0.2) is 12.2 Å². The Balaban J connectivity index is 2.48. The van der Waals surface area contributed by atoms with E-state index in [1.54, 1.807) is 0 Å². The number of hydrogen-bond donors (Lipinski definition) is 0.